The molecule has 0 aliphatic carbocycles. The molecule has 0 fully saturated rings. The molecule has 18 heavy (non-hydrogen) atoms. The maximum absolute atomic E-state index is 5.72. The molecule has 2 aromatic rings. The van der Waals surface area contributed by atoms with Gasteiger partial charge in [-0.05, 0) is 66.4 Å². The fourth-order valence-corrected chi connectivity index (χ4v) is 2.22. The fraction of sp³-hybridized carbons (Fsp3) is 0.286. The Hall–Kier alpha value is -1.01. The lowest BCUT2D eigenvalue weighted by molar-refractivity contribution is 0.265. The predicted octanol–water partition coefficient (Wildman–Crippen LogP) is 3.49. The Morgan fingerprint density at radius 2 is 2.17 bits per heavy atom. The first-order valence-corrected chi connectivity index (χ1v) is 6.88. The maximum Gasteiger partial charge on any atom is 0.146 e. The van der Waals surface area contributed by atoms with Crippen molar-refractivity contribution in [1.29, 1.82) is 0 Å². The van der Waals surface area contributed by atoms with Crippen molar-refractivity contribution in [2.45, 2.75) is 20.1 Å². The Morgan fingerprint density at radius 1 is 1.33 bits per heavy atom. The number of furan rings is 1. The van der Waals surface area contributed by atoms with Gasteiger partial charge in [-0.15, -0.1) is 0 Å². The summed E-state index contributed by atoms with van der Waals surface area (Å²) < 4.78 is 12.6. The summed E-state index contributed by atoms with van der Waals surface area (Å²) in [7, 11) is 1.91. The van der Waals surface area contributed by atoms with Crippen LogP contribution in [0.25, 0.3) is 0 Å². The highest BCUT2D eigenvalue weighted by atomic mass is 127. The third kappa shape index (κ3) is 3.49. The van der Waals surface area contributed by atoms with Gasteiger partial charge in [-0.2, -0.15) is 0 Å². The molecule has 0 aliphatic heterocycles. The van der Waals surface area contributed by atoms with E-state index in [2.05, 4.69) is 27.9 Å². The van der Waals surface area contributed by atoms with Crippen molar-refractivity contribution in [1.82, 2.24) is 5.32 Å². The second kappa shape index (κ2) is 6.24. The molecule has 0 bridgehead atoms. The molecule has 0 amide bonds. The normalized spacial score (nSPS) is 10.6. The van der Waals surface area contributed by atoms with Gasteiger partial charge < -0.3 is 14.5 Å². The van der Waals surface area contributed by atoms with Gasteiger partial charge in [0.2, 0.25) is 0 Å². The highest BCUT2D eigenvalue weighted by Crippen LogP contribution is 2.19. The average Bonchev–Trinajstić information content (AvgIpc) is 2.69. The number of halogens is 1. The zero-order valence-corrected chi connectivity index (χ0v) is 12.7. The molecule has 1 aromatic carbocycles. The summed E-state index contributed by atoms with van der Waals surface area (Å²) in [4.78, 5) is 0. The van der Waals surface area contributed by atoms with Crippen LogP contribution in [-0.2, 0) is 13.2 Å². The third-order valence-electron chi connectivity index (χ3n) is 2.59. The van der Waals surface area contributed by atoms with E-state index < -0.39 is 0 Å². The molecule has 1 heterocycles. The number of ether oxygens (including phenoxy) is 1. The molecule has 0 saturated carbocycles. The number of rotatable bonds is 5. The van der Waals surface area contributed by atoms with Gasteiger partial charge in [-0.1, -0.05) is 6.07 Å². The number of nitrogens with one attached hydrogen (secondary N) is 1. The minimum absolute atomic E-state index is 0.463. The van der Waals surface area contributed by atoms with E-state index >= 15 is 0 Å². The molecule has 3 nitrogen and oxygen atoms in total. The van der Waals surface area contributed by atoms with Gasteiger partial charge in [0.1, 0.15) is 23.9 Å². The van der Waals surface area contributed by atoms with E-state index in [1.807, 2.05) is 44.3 Å². The molecule has 0 saturated heterocycles. The first-order chi connectivity index (χ1) is 8.69. The van der Waals surface area contributed by atoms with Gasteiger partial charge >= 0.3 is 0 Å². The van der Waals surface area contributed by atoms with Crippen LogP contribution >= 0.6 is 22.6 Å². The van der Waals surface area contributed by atoms with Crippen LogP contribution in [0.5, 0.6) is 5.75 Å². The molecular formula is C14H16INO2. The van der Waals surface area contributed by atoms with Gasteiger partial charge in [-0.3, -0.25) is 0 Å². The molecule has 0 atom stereocenters. The second-order valence-corrected chi connectivity index (χ2v) is 5.34. The lowest BCUT2D eigenvalue weighted by atomic mass is 10.2. The molecule has 0 spiro atoms. The van der Waals surface area contributed by atoms with E-state index in [1.54, 1.807) is 0 Å². The largest absolute Gasteiger partial charge is 0.486 e. The highest BCUT2D eigenvalue weighted by Gasteiger charge is 2.07. The molecule has 96 valence electrons. The third-order valence-corrected chi connectivity index (χ3v) is 3.26. The Balaban J connectivity index is 2.00. The zero-order chi connectivity index (χ0) is 13.0. The highest BCUT2D eigenvalue weighted by molar-refractivity contribution is 14.1. The summed E-state index contributed by atoms with van der Waals surface area (Å²) >= 11 is 2.27. The van der Waals surface area contributed by atoms with E-state index in [1.165, 1.54) is 0 Å². The minimum Gasteiger partial charge on any atom is -0.486 e. The van der Waals surface area contributed by atoms with E-state index in [4.69, 9.17) is 9.15 Å². The van der Waals surface area contributed by atoms with Gasteiger partial charge in [0, 0.05) is 3.57 Å². The summed E-state index contributed by atoms with van der Waals surface area (Å²) in [5.74, 6) is 2.70. The second-order valence-electron chi connectivity index (χ2n) is 4.10. The van der Waals surface area contributed by atoms with Crippen LogP contribution < -0.4 is 10.1 Å². The molecular weight excluding hydrogens is 341 g/mol. The lowest BCUT2D eigenvalue weighted by Gasteiger charge is -2.04. The van der Waals surface area contributed by atoms with Gasteiger partial charge in [0.15, 0.2) is 0 Å². The summed E-state index contributed by atoms with van der Waals surface area (Å²) in [6, 6.07) is 10.0. The number of hydrogen-bond acceptors (Lipinski definition) is 3. The summed E-state index contributed by atoms with van der Waals surface area (Å²) in [5.41, 5.74) is 1.16. The Morgan fingerprint density at radius 3 is 2.89 bits per heavy atom. The smallest absolute Gasteiger partial charge is 0.146 e. The Labute approximate surface area is 121 Å². The van der Waals surface area contributed by atoms with Crippen LogP contribution in [0.2, 0.25) is 0 Å². The summed E-state index contributed by atoms with van der Waals surface area (Å²) in [5, 5.41) is 3.08. The maximum atomic E-state index is 5.72. The van der Waals surface area contributed by atoms with Gasteiger partial charge in [0.25, 0.3) is 0 Å². The van der Waals surface area contributed by atoms with Gasteiger partial charge in [0.05, 0.1) is 6.54 Å². The molecule has 4 heteroatoms. The lowest BCUT2D eigenvalue weighted by Crippen LogP contribution is -2.04. The van der Waals surface area contributed by atoms with Crippen LogP contribution in [0.4, 0.5) is 0 Å². The predicted molar refractivity (Wildman–Crippen MR) is 79.7 cm³/mol. The number of hydrogen-bond donors (Lipinski definition) is 1. The van der Waals surface area contributed by atoms with E-state index in [0.29, 0.717) is 6.61 Å². The Bertz CT molecular complexity index is 522. The van der Waals surface area contributed by atoms with Gasteiger partial charge in [-0.25, -0.2) is 0 Å². The van der Waals surface area contributed by atoms with Crippen molar-refractivity contribution in [3.8, 4) is 5.75 Å². The van der Waals surface area contributed by atoms with Crippen LogP contribution in [0.15, 0.2) is 34.7 Å². The van der Waals surface area contributed by atoms with E-state index in [9.17, 15) is 0 Å². The average molecular weight is 357 g/mol. The van der Waals surface area contributed by atoms with Crippen molar-refractivity contribution < 1.29 is 9.15 Å². The quantitative estimate of drug-likeness (QED) is 0.832. The SMILES string of the molecule is CNCc1oc(COc2cccc(I)c2)cc1C. The Kier molecular flexibility index (Phi) is 4.66. The van der Waals surface area contributed by atoms with Crippen molar-refractivity contribution in [2.24, 2.45) is 0 Å². The fourth-order valence-electron chi connectivity index (χ4n) is 1.71. The molecule has 1 aromatic heterocycles. The summed E-state index contributed by atoms with van der Waals surface area (Å²) in [6.07, 6.45) is 0. The topological polar surface area (TPSA) is 34.4 Å². The molecule has 0 aliphatic rings. The standard InChI is InChI=1S/C14H16INO2/c1-10-6-13(18-14(10)8-16-2)9-17-12-5-3-4-11(15)7-12/h3-7,16H,8-9H2,1-2H3. The van der Waals surface area contributed by atoms with Crippen LogP contribution in [0.1, 0.15) is 17.1 Å². The minimum atomic E-state index is 0.463. The monoisotopic (exact) mass is 357 g/mol. The van der Waals surface area contributed by atoms with Crippen molar-refractivity contribution in [3.63, 3.8) is 0 Å². The zero-order valence-electron chi connectivity index (χ0n) is 10.5. The molecule has 2 rings (SSSR count). The first-order valence-electron chi connectivity index (χ1n) is 5.80. The van der Waals surface area contributed by atoms with Crippen molar-refractivity contribution in [3.05, 3.63) is 51.0 Å². The van der Waals surface area contributed by atoms with Crippen molar-refractivity contribution in [2.75, 3.05) is 7.05 Å². The molecule has 0 radical (unpaired) electrons. The van der Waals surface area contributed by atoms with Crippen LogP contribution in [0.3, 0.4) is 0 Å². The number of aryl methyl sites for hydroxylation is 1. The van der Waals surface area contributed by atoms with E-state index in [0.717, 1.165) is 32.9 Å². The number of benzene rings is 1. The van der Waals surface area contributed by atoms with E-state index in [-0.39, 0.29) is 0 Å². The van der Waals surface area contributed by atoms with Crippen LogP contribution in [0, 0.1) is 10.5 Å². The van der Waals surface area contributed by atoms with Crippen LogP contribution in [-0.4, -0.2) is 7.05 Å². The summed E-state index contributed by atoms with van der Waals surface area (Å²) in [6.45, 7) is 3.25. The van der Waals surface area contributed by atoms with Crippen molar-refractivity contribution >= 4 is 22.6 Å². The first kappa shape index (κ1) is 13.4. The molecule has 1 N–H and O–H groups in total. The molecule has 0 unspecified atom stereocenters.